The smallest absolute Gasteiger partial charge is 0.146 e. The van der Waals surface area contributed by atoms with Gasteiger partial charge < -0.3 is 13.5 Å². The fourth-order valence-corrected chi connectivity index (χ4v) is 14.5. The summed E-state index contributed by atoms with van der Waals surface area (Å²) in [6, 6.07) is 90.0. The molecule has 0 unspecified atom stereocenters. The highest BCUT2D eigenvalue weighted by atomic mass is 15.0. The first-order valence-electron chi connectivity index (χ1n) is 27.0. The van der Waals surface area contributed by atoms with Gasteiger partial charge in [-0.1, -0.05) is 170 Å². The summed E-state index contributed by atoms with van der Waals surface area (Å²) >= 11 is 0. The number of benzene rings is 12. The molecule has 0 N–H and O–H groups in total. The van der Waals surface area contributed by atoms with Crippen molar-refractivity contribution in [1.82, 2.24) is 22.9 Å². The summed E-state index contributed by atoms with van der Waals surface area (Å²) in [6.07, 6.45) is 2.18. The van der Waals surface area contributed by atoms with Gasteiger partial charge in [0, 0.05) is 87.1 Å². The SMILES string of the molecule is c1ccc(-n2c3ccccc3c3cc(-c4c5ccccc5cc5c6c7ccccc7cc7c8c9c%10cccc%11c%12cccc(-c%13ccc%14c(c%13)c%13ccccc%13n%14-c%13ccccc%13)c%12n(c9ncc8n(c45)c76)c%11%10)ccc32)cc1. The van der Waals surface area contributed by atoms with Crippen molar-refractivity contribution in [3.8, 4) is 33.6 Å². The van der Waals surface area contributed by atoms with Crippen LogP contribution in [0.25, 0.3) is 175 Å². The molecular weight excluding hydrogens is 947 g/mol. The highest BCUT2D eigenvalue weighted by Crippen LogP contribution is 2.52. The first-order valence-corrected chi connectivity index (χ1v) is 27.0. The van der Waals surface area contributed by atoms with Crippen LogP contribution in [0.3, 0.4) is 0 Å². The quantitative estimate of drug-likeness (QED) is 0.173. The third kappa shape index (κ3) is 5.04. The summed E-state index contributed by atoms with van der Waals surface area (Å²) in [4.78, 5) is 5.69. The lowest BCUT2D eigenvalue weighted by molar-refractivity contribution is 1.18. The number of fused-ring (bicyclic) bond motifs is 22. The van der Waals surface area contributed by atoms with Gasteiger partial charge in [-0.3, -0.25) is 4.40 Å². The molecule has 0 fully saturated rings. The average Bonchev–Trinajstić information content (AvgIpc) is 3.73. The lowest BCUT2D eigenvalue weighted by atomic mass is 9.92. The molecule has 19 aromatic rings. The highest BCUT2D eigenvalue weighted by molar-refractivity contribution is 6.39. The lowest BCUT2D eigenvalue weighted by Gasteiger charge is -2.13. The van der Waals surface area contributed by atoms with Gasteiger partial charge in [0.05, 0.1) is 55.8 Å². The van der Waals surface area contributed by atoms with Crippen LogP contribution in [0.5, 0.6) is 0 Å². The molecule has 7 heterocycles. The molecule has 12 aromatic carbocycles. The van der Waals surface area contributed by atoms with Crippen LogP contribution in [-0.4, -0.2) is 22.9 Å². The van der Waals surface area contributed by atoms with Crippen LogP contribution >= 0.6 is 0 Å². The molecule has 358 valence electrons. The summed E-state index contributed by atoms with van der Waals surface area (Å²) in [5.41, 5.74) is 18.8. The van der Waals surface area contributed by atoms with E-state index in [1.807, 2.05) is 0 Å². The molecule has 78 heavy (non-hydrogen) atoms. The Labute approximate surface area is 444 Å². The molecule has 0 spiro atoms. The Balaban J connectivity index is 0.933. The molecule has 5 nitrogen and oxygen atoms in total. The van der Waals surface area contributed by atoms with Gasteiger partial charge in [0.2, 0.25) is 0 Å². The molecule has 0 bridgehead atoms. The fourth-order valence-electron chi connectivity index (χ4n) is 14.5. The Morgan fingerprint density at radius 2 is 0.782 bits per heavy atom. The Morgan fingerprint density at radius 3 is 1.47 bits per heavy atom. The number of rotatable bonds is 4. The van der Waals surface area contributed by atoms with E-state index in [4.69, 9.17) is 4.98 Å². The van der Waals surface area contributed by atoms with Crippen molar-refractivity contribution in [3.05, 3.63) is 249 Å². The monoisotopic (exact) mass is 987 g/mol. The summed E-state index contributed by atoms with van der Waals surface area (Å²) in [6.45, 7) is 0. The van der Waals surface area contributed by atoms with Gasteiger partial charge in [-0.05, 0) is 105 Å². The first-order chi connectivity index (χ1) is 38.7. The largest absolute Gasteiger partial charge is 0.309 e. The minimum absolute atomic E-state index is 0.978. The van der Waals surface area contributed by atoms with Crippen molar-refractivity contribution >= 4 is 141 Å². The molecule has 0 aliphatic heterocycles. The van der Waals surface area contributed by atoms with Crippen molar-refractivity contribution in [2.45, 2.75) is 0 Å². The van der Waals surface area contributed by atoms with Gasteiger partial charge in [-0.2, -0.15) is 0 Å². The molecule has 0 aliphatic carbocycles. The zero-order chi connectivity index (χ0) is 50.5. The number of pyridine rings is 1. The maximum absolute atomic E-state index is 5.69. The van der Waals surface area contributed by atoms with Crippen molar-refractivity contribution in [2.75, 3.05) is 0 Å². The lowest BCUT2D eigenvalue weighted by Crippen LogP contribution is -1.93. The van der Waals surface area contributed by atoms with Gasteiger partial charge in [0.25, 0.3) is 0 Å². The van der Waals surface area contributed by atoms with Gasteiger partial charge in [-0.15, -0.1) is 0 Å². The van der Waals surface area contributed by atoms with E-state index in [0.717, 1.165) is 22.5 Å². The second-order valence-corrected chi connectivity index (χ2v) is 21.4. The number of para-hydroxylation sites is 6. The Kier molecular flexibility index (Phi) is 7.68. The molecule has 0 atom stereocenters. The zero-order valence-electron chi connectivity index (χ0n) is 41.9. The third-order valence-corrected chi connectivity index (χ3v) is 17.6. The van der Waals surface area contributed by atoms with E-state index in [9.17, 15) is 0 Å². The second-order valence-electron chi connectivity index (χ2n) is 21.4. The van der Waals surface area contributed by atoms with Crippen molar-refractivity contribution < 1.29 is 0 Å². The number of hydrogen-bond donors (Lipinski definition) is 0. The summed E-state index contributed by atoms with van der Waals surface area (Å²) in [7, 11) is 0. The Morgan fingerprint density at radius 1 is 0.269 bits per heavy atom. The Bertz CT molecular complexity index is 5790. The minimum atomic E-state index is 0.978. The molecular formula is C73H41N5. The summed E-state index contributed by atoms with van der Waals surface area (Å²) in [5, 5.41) is 19.8. The van der Waals surface area contributed by atoms with E-state index >= 15 is 0 Å². The molecule has 0 saturated heterocycles. The van der Waals surface area contributed by atoms with Crippen LogP contribution in [0.1, 0.15) is 0 Å². The fraction of sp³-hybridized carbons (Fsp3) is 0. The topological polar surface area (TPSA) is 31.6 Å². The van der Waals surface area contributed by atoms with Crippen LogP contribution < -0.4 is 0 Å². The van der Waals surface area contributed by atoms with Crippen LogP contribution in [-0.2, 0) is 0 Å². The predicted molar refractivity (Wildman–Crippen MR) is 328 cm³/mol. The molecule has 7 aromatic heterocycles. The van der Waals surface area contributed by atoms with Crippen LogP contribution in [0.2, 0.25) is 0 Å². The Hall–Kier alpha value is -10.5. The molecule has 0 aliphatic rings. The van der Waals surface area contributed by atoms with E-state index in [2.05, 4.69) is 267 Å². The van der Waals surface area contributed by atoms with Crippen molar-refractivity contribution in [2.24, 2.45) is 0 Å². The van der Waals surface area contributed by atoms with Crippen LogP contribution in [0, 0.1) is 0 Å². The van der Waals surface area contributed by atoms with Gasteiger partial charge in [0.15, 0.2) is 0 Å². The molecule has 19 rings (SSSR count). The predicted octanol–water partition coefficient (Wildman–Crippen LogP) is 19.2. The van der Waals surface area contributed by atoms with Crippen molar-refractivity contribution in [3.63, 3.8) is 0 Å². The molecule has 0 saturated carbocycles. The number of nitrogens with zero attached hydrogens (tertiary/aromatic N) is 5. The molecule has 0 radical (unpaired) electrons. The van der Waals surface area contributed by atoms with Crippen LogP contribution in [0.15, 0.2) is 249 Å². The van der Waals surface area contributed by atoms with E-state index in [1.54, 1.807) is 0 Å². The van der Waals surface area contributed by atoms with E-state index in [0.29, 0.717) is 0 Å². The van der Waals surface area contributed by atoms with Crippen LogP contribution in [0.4, 0.5) is 0 Å². The standard InChI is InChI=1S/C73H41N5/c1-3-19-46(20-4-1)75-60-31-13-11-25-51(60)56-37-44(33-35-62(56)75)50-27-15-28-53-54-29-16-30-55-68-67-59-39-43-18-8-10-24-49(43)66-58-38-42-17-7-9-23-48(42)65(71(58)77(72(59)66)64(67)41-74-73(68)78(69(50)53)70(54)55)45-34-36-63-57(40-45)52-26-12-14-32-61(52)76(63)47-21-5-2-6-22-47/h1-41H. The van der Waals surface area contributed by atoms with E-state index < -0.39 is 0 Å². The number of hydrogen-bond acceptors (Lipinski definition) is 1. The second kappa shape index (κ2) is 14.7. The van der Waals surface area contributed by atoms with Gasteiger partial charge in [0.1, 0.15) is 5.65 Å². The maximum Gasteiger partial charge on any atom is 0.146 e. The van der Waals surface area contributed by atoms with Gasteiger partial charge >= 0.3 is 0 Å². The average molecular weight is 988 g/mol. The molecule has 5 heteroatoms. The third-order valence-electron chi connectivity index (χ3n) is 17.6. The molecule has 0 amide bonds. The number of aromatic nitrogens is 5. The zero-order valence-corrected chi connectivity index (χ0v) is 41.9. The van der Waals surface area contributed by atoms with E-state index in [-0.39, 0.29) is 0 Å². The highest BCUT2D eigenvalue weighted by Gasteiger charge is 2.29. The summed E-state index contributed by atoms with van der Waals surface area (Å²) < 4.78 is 9.89. The normalized spacial score (nSPS) is 12.6. The minimum Gasteiger partial charge on any atom is -0.309 e. The van der Waals surface area contributed by atoms with Gasteiger partial charge in [-0.25, -0.2) is 4.98 Å². The maximum atomic E-state index is 5.69. The van der Waals surface area contributed by atoms with Crippen molar-refractivity contribution in [1.29, 1.82) is 0 Å². The first kappa shape index (κ1) is 40.8. The van der Waals surface area contributed by atoms with E-state index in [1.165, 1.54) is 153 Å². The summed E-state index contributed by atoms with van der Waals surface area (Å²) in [5.74, 6) is 0.